The van der Waals surface area contributed by atoms with Crippen LogP contribution in [0.25, 0.3) is 0 Å². The monoisotopic (exact) mass is 331 g/mol. The molecular weight excluding hydrogens is 313 g/mol. The Labute approximate surface area is 135 Å². The number of hydrogen-bond acceptors (Lipinski definition) is 4. The molecule has 1 saturated heterocycles. The fourth-order valence-electron chi connectivity index (χ4n) is 2.78. The molecule has 1 aromatic carbocycles. The first kappa shape index (κ1) is 16.2. The molecule has 3 rings (SSSR count). The Bertz CT molecular complexity index is 546. The molecule has 0 unspecified atom stereocenters. The molecule has 0 spiro atoms. The maximum Gasteiger partial charge on any atom is 0.255 e. The first-order valence-electron chi connectivity index (χ1n) is 6.92. The molecule has 1 aromatic rings. The molecule has 0 aliphatic carbocycles. The van der Waals surface area contributed by atoms with Crippen LogP contribution in [0.2, 0.25) is 5.02 Å². The highest BCUT2D eigenvalue weighted by molar-refractivity contribution is 6.33. The summed E-state index contributed by atoms with van der Waals surface area (Å²) in [5, 5.41) is 6.70. The summed E-state index contributed by atoms with van der Waals surface area (Å²) in [7, 11) is 0. The molecule has 0 saturated carbocycles. The largest absolute Gasteiger partial charge is 0.492 e. The quantitative estimate of drug-likeness (QED) is 0.737. The van der Waals surface area contributed by atoms with Crippen molar-refractivity contribution in [3.8, 4) is 5.75 Å². The second-order valence-electron chi connectivity index (χ2n) is 5.23. The van der Waals surface area contributed by atoms with Crippen LogP contribution in [0.3, 0.4) is 0 Å². The van der Waals surface area contributed by atoms with Crippen molar-refractivity contribution in [3.05, 3.63) is 22.2 Å². The molecule has 1 amide bonds. The van der Waals surface area contributed by atoms with E-state index in [2.05, 4.69) is 10.6 Å². The van der Waals surface area contributed by atoms with Crippen molar-refractivity contribution in [2.24, 2.45) is 0 Å². The molecule has 2 aliphatic heterocycles. The van der Waals surface area contributed by atoms with E-state index in [0.717, 1.165) is 24.9 Å². The number of nitrogens with one attached hydrogen (secondary N) is 2. The lowest BCUT2D eigenvalue weighted by Crippen LogP contribution is -2.37. The maximum absolute atomic E-state index is 12.3. The van der Waals surface area contributed by atoms with Gasteiger partial charge < -0.3 is 21.1 Å². The first-order valence-corrected chi connectivity index (χ1v) is 7.30. The Hall–Kier alpha value is -1.17. The lowest BCUT2D eigenvalue weighted by molar-refractivity contribution is 0.0947. The third kappa shape index (κ3) is 3.20. The fraction of sp³-hybridized carbons (Fsp3) is 0.500. The minimum atomic E-state index is -0.154. The summed E-state index contributed by atoms with van der Waals surface area (Å²) in [5.74, 6) is 0.433. The second-order valence-corrected chi connectivity index (χ2v) is 5.64. The van der Waals surface area contributed by atoms with E-state index < -0.39 is 0 Å². The van der Waals surface area contributed by atoms with Gasteiger partial charge in [-0.2, -0.15) is 0 Å². The van der Waals surface area contributed by atoms with Gasteiger partial charge in [-0.15, -0.1) is 12.4 Å². The van der Waals surface area contributed by atoms with E-state index in [1.165, 1.54) is 0 Å². The van der Waals surface area contributed by atoms with Crippen molar-refractivity contribution in [2.45, 2.75) is 25.3 Å². The molecule has 2 aliphatic rings. The fourth-order valence-corrected chi connectivity index (χ4v) is 3.00. The summed E-state index contributed by atoms with van der Waals surface area (Å²) in [6.45, 7) is 2.19. The summed E-state index contributed by atoms with van der Waals surface area (Å²) in [6.07, 6.45) is 2.95. The van der Waals surface area contributed by atoms with Gasteiger partial charge in [0, 0.05) is 24.6 Å². The average Bonchev–Trinajstić information content (AvgIpc) is 3.10. The van der Waals surface area contributed by atoms with Gasteiger partial charge in [-0.3, -0.25) is 4.79 Å². The van der Waals surface area contributed by atoms with E-state index in [-0.39, 0.29) is 18.3 Å². The van der Waals surface area contributed by atoms with Gasteiger partial charge in [0.05, 0.1) is 22.9 Å². The molecule has 1 atom stereocenters. The number of amides is 1. The highest BCUT2D eigenvalue weighted by Gasteiger charge is 2.25. The van der Waals surface area contributed by atoms with E-state index in [1.54, 1.807) is 6.07 Å². The standard InChI is InChI=1S/C14H18ClN3O2.ClH/c15-11-6-10(13-9(12(11)16)3-5-20-13)14(19)18-7-8-2-1-4-17-8;/h6,8,17H,1-5,7,16H2,(H,18,19);1H/t8-;/m0./s1. The van der Waals surface area contributed by atoms with E-state index >= 15 is 0 Å². The number of benzene rings is 1. The van der Waals surface area contributed by atoms with Crippen LogP contribution in [0.4, 0.5) is 5.69 Å². The number of nitrogens with two attached hydrogens (primary N) is 1. The zero-order valence-corrected chi connectivity index (χ0v) is 13.1. The van der Waals surface area contributed by atoms with Crippen LogP contribution in [0, 0.1) is 0 Å². The average molecular weight is 332 g/mol. The Morgan fingerprint density at radius 3 is 3.10 bits per heavy atom. The zero-order valence-electron chi connectivity index (χ0n) is 11.6. The maximum atomic E-state index is 12.3. The van der Waals surface area contributed by atoms with Gasteiger partial charge in [0.15, 0.2) is 0 Å². The number of anilines is 1. The van der Waals surface area contributed by atoms with E-state index in [1.807, 2.05) is 0 Å². The van der Waals surface area contributed by atoms with Crippen molar-refractivity contribution in [1.82, 2.24) is 10.6 Å². The zero-order chi connectivity index (χ0) is 14.1. The summed E-state index contributed by atoms with van der Waals surface area (Å²) in [5.41, 5.74) is 7.77. The van der Waals surface area contributed by atoms with Gasteiger partial charge in [0.1, 0.15) is 5.75 Å². The van der Waals surface area contributed by atoms with Crippen LogP contribution in [-0.4, -0.2) is 31.6 Å². The van der Waals surface area contributed by atoms with Crippen molar-refractivity contribution in [1.29, 1.82) is 0 Å². The van der Waals surface area contributed by atoms with Crippen LogP contribution < -0.4 is 21.1 Å². The van der Waals surface area contributed by atoms with Gasteiger partial charge in [0.25, 0.3) is 5.91 Å². The lowest BCUT2D eigenvalue weighted by atomic mass is 10.0. The third-order valence-electron chi connectivity index (χ3n) is 3.89. The van der Waals surface area contributed by atoms with Gasteiger partial charge in [-0.1, -0.05) is 11.6 Å². The number of rotatable bonds is 3. The predicted molar refractivity (Wildman–Crippen MR) is 85.7 cm³/mol. The Morgan fingerprint density at radius 1 is 1.57 bits per heavy atom. The summed E-state index contributed by atoms with van der Waals surface area (Å²) < 4.78 is 5.54. The molecule has 4 N–H and O–H groups in total. The molecule has 21 heavy (non-hydrogen) atoms. The van der Waals surface area contributed by atoms with Gasteiger partial charge in [-0.05, 0) is 25.5 Å². The van der Waals surface area contributed by atoms with Crippen LogP contribution in [0.15, 0.2) is 6.07 Å². The smallest absolute Gasteiger partial charge is 0.255 e. The molecular formula is C14H19Cl2N3O2. The summed E-state index contributed by atoms with van der Waals surface area (Å²) in [6, 6.07) is 1.95. The van der Waals surface area contributed by atoms with Crippen LogP contribution in [-0.2, 0) is 6.42 Å². The number of carbonyl (C=O) groups excluding carboxylic acids is 1. The minimum Gasteiger partial charge on any atom is -0.492 e. The summed E-state index contributed by atoms with van der Waals surface area (Å²) in [4.78, 5) is 12.3. The molecule has 116 valence electrons. The third-order valence-corrected chi connectivity index (χ3v) is 4.20. The minimum absolute atomic E-state index is 0. The predicted octanol–water partition coefficient (Wildman–Crippen LogP) is 1.76. The van der Waals surface area contributed by atoms with Crippen LogP contribution in [0.5, 0.6) is 5.75 Å². The van der Waals surface area contributed by atoms with Crippen molar-refractivity contribution >= 4 is 35.6 Å². The molecule has 7 heteroatoms. The number of fused-ring (bicyclic) bond motifs is 1. The van der Waals surface area contributed by atoms with Crippen molar-refractivity contribution in [3.63, 3.8) is 0 Å². The SMILES string of the molecule is Cl.Nc1c(Cl)cc(C(=O)NC[C@@H]2CCCN2)c2c1CCO2. The number of carbonyl (C=O) groups is 1. The molecule has 1 fully saturated rings. The van der Waals surface area contributed by atoms with Gasteiger partial charge in [-0.25, -0.2) is 0 Å². The molecule has 0 bridgehead atoms. The Morgan fingerprint density at radius 2 is 2.38 bits per heavy atom. The van der Waals surface area contributed by atoms with Gasteiger partial charge >= 0.3 is 0 Å². The normalized spacial score (nSPS) is 19.6. The lowest BCUT2D eigenvalue weighted by Gasteiger charge is -2.14. The van der Waals surface area contributed by atoms with Crippen LogP contribution >= 0.6 is 24.0 Å². The van der Waals surface area contributed by atoms with Gasteiger partial charge in [0.2, 0.25) is 0 Å². The summed E-state index contributed by atoms with van der Waals surface area (Å²) >= 11 is 6.10. The molecule has 2 heterocycles. The highest BCUT2D eigenvalue weighted by Crippen LogP contribution is 2.38. The number of nitrogen functional groups attached to an aromatic ring is 1. The Kier molecular flexibility index (Phi) is 5.19. The van der Waals surface area contributed by atoms with Crippen LogP contribution in [0.1, 0.15) is 28.8 Å². The molecule has 5 nitrogen and oxygen atoms in total. The second kappa shape index (κ2) is 6.73. The topological polar surface area (TPSA) is 76.4 Å². The van der Waals surface area contributed by atoms with E-state index in [9.17, 15) is 4.79 Å². The Balaban J connectivity index is 0.00000161. The van der Waals surface area contributed by atoms with E-state index in [0.29, 0.717) is 47.6 Å². The first-order chi connectivity index (χ1) is 9.66. The number of ether oxygens (including phenoxy) is 1. The molecule has 0 aromatic heterocycles. The van der Waals surface area contributed by atoms with Crippen molar-refractivity contribution in [2.75, 3.05) is 25.4 Å². The number of halogens is 2. The molecule has 0 radical (unpaired) electrons. The van der Waals surface area contributed by atoms with E-state index in [4.69, 9.17) is 22.1 Å². The number of hydrogen-bond donors (Lipinski definition) is 3. The highest BCUT2D eigenvalue weighted by atomic mass is 35.5. The van der Waals surface area contributed by atoms with Crippen molar-refractivity contribution < 1.29 is 9.53 Å².